The topological polar surface area (TPSA) is 57.6 Å². The summed E-state index contributed by atoms with van der Waals surface area (Å²) in [5.41, 5.74) is 1.73. The van der Waals surface area contributed by atoms with Crippen LogP contribution in [0, 0.1) is 0 Å². The van der Waals surface area contributed by atoms with E-state index in [4.69, 9.17) is 0 Å². The second kappa shape index (κ2) is 7.49. The van der Waals surface area contributed by atoms with Gasteiger partial charge < -0.3 is 10.0 Å². The van der Waals surface area contributed by atoms with Gasteiger partial charge in [-0.05, 0) is 17.2 Å². The van der Waals surface area contributed by atoms with Crippen LogP contribution in [0.4, 0.5) is 5.69 Å². The van der Waals surface area contributed by atoms with E-state index in [0.717, 1.165) is 11.1 Å². The number of carbonyl (C=O) groups excluding carboxylic acids is 2. The Labute approximate surface area is 169 Å². The summed E-state index contributed by atoms with van der Waals surface area (Å²) in [4.78, 5) is 27.3. The molecule has 144 valence electrons. The second-order valence-electron chi connectivity index (χ2n) is 7.13. The van der Waals surface area contributed by atoms with Gasteiger partial charge in [-0.2, -0.15) is 0 Å². The van der Waals surface area contributed by atoms with Gasteiger partial charge in [0, 0.05) is 17.7 Å². The van der Waals surface area contributed by atoms with E-state index in [0.29, 0.717) is 16.8 Å². The van der Waals surface area contributed by atoms with E-state index in [9.17, 15) is 14.7 Å². The molecule has 3 aromatic rings. The number of nitrogens with zero attached hydrogens (tertiary/aromatic N) is 1. The molecule has 0 saturated heterocycles. The predicted molar refractivity (Wildman–Crippen MR) is 114 cm³/mol. The summed E-state index contributed by atoms with van der Waals surface area (Å²) in [6.07, 6.45) is 1.30. The Kier molecular flexibility index (Phi) is 4.87. The smallest absolute Gasteiger partial charge is 0.264 e. The van der Waals surface area contributed by atoms with Crippen LogP contribution in [0.3, 0.4) is 0 Å². The Morgan fingerprint density at radius 2 is 1.55 bits per heavy atom. The minimum atomic E-state index is -1.87. The molecule has 1 N–H and O–H groups in total. The highest BCUT2D eigenvalue weighted by Gasteiger charge is 2.50. The first-order valence-electron chi connectivity index (χ1n) is 9.48. The number of hydrogen-bond acceptors (Lipinski definition) is 3. The van der Waals surface area contributed by atoms with Gasteiger partial charge in [0.05, 0.1) is 12.1 Å². The third-order valence-corrected chi connectivity index (χ3v) is 5.28. The molecule has 0 saturated carbocycles. The number of ketones is 1. The average molecular weight is 383 g/mol. The molecule has 0 fully saturated rings. The van der Waals surface area contributed by atoms with Crippen LogP contribution in [-0.2, 0) is 10.4 Å². The molecule has 29 heavy (non-hydrogen) atoms. The molecule has 0 aromatic heterocycles. The van der Waals surface area contributed by atoms with Crippen LogP contribution in [0.1, 0.15) is 22.3 Å². The van der Waals surface area contributed by atoms with Crippen molar-refractivity contribution in [3.63, 3.8) is 0 Å². The molecule has 1 amide bonds. The maximum atomic E-state index is 13.0. The lowest BCUT2D eigenvalue weighted by molar-refractivity contribution is -0.135. The van der Waals surface area contributed by atoms with Crippen LogP contribution in [0.25, 0.3) is 11.1 Å². The first-order valence-corrected chi connectivity index (χ1v) is 9.48. The van der Waals surface area contributed by atoms with Crippen molar-refractivity contribution in [2.24, 2.45) is 0 Å². The molecule has 0 unspecified atom stereocenters. The molecule has 1 aliphatic rings. The third kappa shape index (κ3) is 3.28. The zero-order valence-electron chi connectivity index (χ0n) is 15.9. The highest BCUT2D eigenvalue weighted by molar-refractivity contribution is 6.10. The first-order chi connectivity index (χ1) is 14.0. The Morgan fingerprint density at radius 3 is 2.24 bits per heavy atom. The van der Waals surface area contributed by atoms with Crippen LogP contribution in [0.5, 0.6) is 0 Å². The zero-order chi connectivity index (χ0) is 20.4. The third-order valence-electron chi connectivity index (χ3n) is 5.28. The van der Waals surface area contributed by atoms with E-state index in [-0.39, 0.29) is 18.7 Å². The first kappa shape index (κ1) is 18.8. The quantitative estimate of drug-likeness (QED) is 0.509. The summed E-state index contributed by atoms with van der Waals surface area (Å²) in [7, 11) is 0. The minimum absolute atomic E-state index is 0.276. The lowest BCUT2D eigenvalue weighted by Crippen LogP contribution is -2.41. The number of rotatable bonds is 6. The lowest BCUT2D eigenvalue weighted by atomic mass is 9.88. The lowest BCUT2D eigenvalue weighted by Gasteiger charge is -2.22. The van der Waals surface area contributed by atoms with Gasteiger partial charge in [-0.25, -0.2) is 0 Å². The molecule has 1 heterocycles. The van der Waals surface area contributed by atoms with Gasteiger partial charge in [-0.3, -0.25) is 9.59 Å². The van der Waals surface area contributed by atoms with Crippen molar-refractivity contribution in [3.05, 3.63) is 103 Å². The Morgan fingerprint density at radius 1 is 0.931 bits per heavy atom. The molecular formula is C25H21NO3. The summed E-state index contributed by atoms with van der Waals surface area (Å²) >= 11 is 0. The number of carbonyl (C=O) groups is 2. The van der Waals surface area contributed by atoms with Crippen molar-refractivity contribution in [3.8, 4) is 11.1 Å². The summed E-state index contributed by atoms with van der Waals surface area (Å²) in [5.74, 6) is -0.774. The minimum Gasteiger partial charge on any atom is -0.375 e. The van der Waals surface area contributed by atoms with Crippen LogP contribution in [0.2, 0.25) is 0 Å². The summed E-state index contributed by atoms with van der Waals surface area (Å²) in [6, 6.07) is 24.1. The monoisotopic (exact) mass is 383 g/mol. The number of anilines is 1. The maximum absolute atomic E-state index is 13.0. The van der Waals surface area contributed by atoms with Crippen molar-refractivity contribution in [2.45, 2.75) is 12.0 Å². The largest absolute Gasteiger partial charge is 0.375 e. The van der Waals surface area contributed by atoms with Gasteiger partial charge >= 0.3 is 0 Å². The van der Waals surface area contributed by atoms with E-state index in [1.165, 1.54) is 4.90 Å². The van der Waals surface area contributed by atoms with Gasteiger partial charge in [-0.1, -0.05) is 78.9 Å². The molecule has 0 aliphatic carbocycles. The average Bonchev–Trinajstić information content (AvgIpc) is 2.97. The summed E-state index contributed by atoms with van der Waals surface area (Å²) < 4.78 is 0. The number of aliphatic hydroxyl groups is 1. The van der Waals surface area contributed by atoms with Crippen LogP contribution >= 0.6 is 0 Å². The molecule has 0 radical (unpaired) electrons. The fourth-order valence-corrected chi connectivity index (χ4v) is 3.80. The molecule has 1 aliphatic heterocycles. The number of hydrogen-bond donors (Lipinski definition) is 1. The van der Waals surface area contributed by atoms with Gasteiger partial charge in [0.2, 0.25) is 0 Å². The molecule has 4 rings (SSSR count). The number of benzene rings is 3. The van der Waals surface area contributed by atoms with Crippen LogP contribution < -0.4 is 4.90 Å². The van der Waals surface area contributed by atoms with E-state index >= 15 is 0 Å². The Hall–Kier alpha value is -3.50. The molecule has 3 aromatic carbocycles. The SMILES string of the molecule is C=CCN1C(=O)[C@](O)(CC(=O)c2ccc(-c3ccccc3)cc2)c2ccccc21. The fourth-order valence-electron chi connectivity index (χ4n) is 3.80. The maximum Gasteiger partial charge on any atom is 0.264 e. The second-order valence-corrected chi connectivity index (χ2v) is 7.13. The molecule has 1 atom stereocenters. The molecule has 0 bridgehead atoms. The van der Waals surface area contributed by atoms with Crippen molar-refractivity contribution < 1.29 is 14.7 Å². The summed E-state index contributed by atoms with van der Waals surface area (Å²) in [5, 5.41) is 11.2. The predicted octanol–water partition coefficient (Wildman–Crippen LogP) is 4.35. The van der Waals surface area contributed by atoms with E-state index in [2.05, 4.69) is 6.58 Å². The molecular weight excluding hydrogens is 362 g/mol. The van der Waals surface area contributed by atoms with Gasteiger partial charge in [-0.15, -0.1) is 6.58 Å². The van der Waals surface area contributed by atoms with Crippen molar-refractivity contribution >= 4 is 17.4 Å². The number of para-hydroxylation sites is 1. The number of Topliss-reactive ketones (excluding diaryl/α,β-unsaturated/α-hetero) is 1. The van der Waals surface area contributed by atoms with E-state index in [1.54, 1.807) is 42.5 Å². The van der Waals surface area contributed by atoms with E-state index in [1.807, 2.05) is 42.5 Å². The Bertz CT molecular complexity index is 1070. The van der Waals surface area contributed by atoms with Crippen molar-refractivity contribution in [2.75, 3.05) is 11.4 Å². The van der Waals surface area contributed by atoms with Gasteiger partial charge in [0.15, 0.2) is 11.4 Å². The molecule has 4 heteroatoms. The van der Waals surface area contributed by atoms with Crippen LogP contribution in [-0.4, -0.2) is 23.3 Å². The summed E-state index contributed by atoms with van der Waals surface area (Å²) in [6.45, 7) is 3.95. The Balaban J connectivity index is 1.61. The molecule has 0 spiro atoms. The number of amides is 1. The fraction of sp³-hybridized carbons (Fsp3) is 0.120. The van der Waals surface area contributed by atoms with E-state index < -0.39 is 11.5 Å². The highest BCUT2D eigenvalue weighted by atomic mass is 16.3. The zero-order valence-corrected chi connectivity index (χ0v) is 15.9. The number of fused-ring (bicyclic) bond motifs is 1. The normalized spacial score (nSPS) is 17.8. The van der Waals surface area contributed by atoms with Gasteiger partial charge in [0.25, 0.3) is 5.91 Å². The van der Waals surface area contributed by atoms with Crippen LogP contribution in [0.15, 0.2) is 91.5 Å². The van der Waals surface area contributed by atoms with Crippen molar-refractivity contribution in [1.82, 2.24) is 0 Å². The van der Waals surface area contributed by atoms with Crippen molar-refractivity contribution in [1.29, 1.82) is 0 Å². The standard InChI is InChI=1S/C25H21NO3/c1-2-16-26-22-11-7-6-10-21(22)25(29,24(26)28)17-23(27)20-14-12-19(13-15-20)18-8-4-3-5-9-18/h2-15,29H,1,16-17H2/t25-/m0/s1. The van der Waals surface area contributed by atoms with Gasteiger partial charge in [0.1, 0.15) is 0 Å². The highest BCUT2D eigenvalue weighted by Crippen LogP contribution is 2.42. The molecule has 4 nitrogen and oxygen atoms in total.